The monoisotopic (exact) mass is 288 g/mol. The van der Waals surface area contributed by atoms with Gasteiger partial charge in [0.15, 0.2) is 16.8 Å². The van der Waals surface area contributed by atoms with Crippen LogP contribution in [0.5, 0.6) is 0 Å². The van der Waals surface area contributed by atoms with Crippen molar-refractivity contribution in [1.82, 2.24) is 4.98 Å². The number of carbonyl (C=O) groups is 1. The molecule has 1 aromatic heterocycles. The SMILES string of the molecule is COC(=O)c1cnc(Nc2cc(F)c(F)cc2F)s1. The zero-order chi connectivity index (χ0) is 14.0. The summed E-state index contributed by atoms with van der Waals surface area (Å²) in [4.78, 5) is 15.2. The van der Waals surface area contributed by atoms with Gasteiger partial charge in [0.05, 0.1) is 19.0 Å². The van der Waals surface area contributed by atoms with E-state index in [4.69, 9.17) is 0 Å². The third-order valence-corrected chi connectivity index (χ3v) is 3.04. The van der Waals surface area contributed by atoms with Crippen LogP contribution in [0.3, 0.4) is 0 Å². The van der Waals surface area contributed by atoms with E-state index in [1.54, 1.807) is 0 Å². The normalized spacial score (nSPS) is 10.3. The number of thiazole rings is 1. The molecule has 0 aliphatic rings. The maximum atomic E-state index is 13.4. The molecule has 0 radical (unpaired) electrons. The molecule has 0 amide bonds. The fourth-order valence-corrected chi connectivity index (χ4v) is 2.01. The summed E-state index contributed by atoms with van der Waals surface area (Å²) in [5.74, 6) is -4.02. The zero-order valence-corrected chi connectivity index (χ0v) is 10.4. The van der Waals surface area contributed by atoms with Crippen LogP contribution in [-0.2, 0) is 4.74 Å². The van der Waals surface area contributed by atoms with Crippen molar-refractivity contribution in [3.63, 3.8) is 0 Å². The lowest BCUT2D eigenvalue weighted by molar-refractivity contribution is 0.0606. The van der Waals surface area contributed by atoms with E-state index in [2.05, 4.69) is 15.0 Å². The van der Waals surface area contributed by atoms with Crippen molar-refractivity contribution in [2.75, 3.05) is 12.4 Å². The molecule has 0 fully saturated rings. The molecule has 0 unspecified atom stereocenters. The highest BCUT2D eigenvalue weighted by atomic mass is 32.1. The first-order valence-corrected chi connectivity index (χ1v) is 5.78. The Hall–Kier alpha value is -2.09. The van der Waals surface area contributed by atoms with Gasteiger partial charge < -0.3 is 10.1 Å². The predicted octanol–water partition coefficient (Wildman–Crippen LogP) is 3.09. The number of ether oxygens (including phenoxy) is 1. The Labute approximate surface area is 109 Å². The van der Waals surface area contributed by atoms with Crippen LogP contribution < -0.4 is 5.32 Å². The molecule has 100 valence electrons. The van der Waals surface area contributed by atoms with Gasteiger partial charge in [-0.25, -0.2) is 22.9 Å². The lowest BCUT2D eigenvalue weighted by Crippen LogP contribution is -1.97. The molecule has 0 saturated carbocycles. The molecular formula is C11H7F3N2O2S. The van der Waals surface area contributed by atoms with Crippen molar-refractivity contribution in [2.45, 2.75) is 0 Å². The number of nitrogens with one attached hydrogen (secondary N) is 1. The van der Waals surface area contributed by atoms with E-state index >= 15 is 0 Å². The molecule has 0 aliphatic heterocycles. The van der Waals surface area contributed by atoms with Crippen LogP contribution in [0.25, 0.3) is 0 Å². The molecular weight excluding hydrogens is 281 g/mol. The van der Waals surface area contributed by atoms with Gasteiger partial charge in [0, 0.05) is 12.1 Å². The van der Waals surface area contributed by atoms with E-state index in [0.29, 0.717) is 12.1 Å². The van der Waals surface area contributed by atoms with E-state index in [0.717, 1.165) is 11.3 Å². The summed E-state index contributed by atoms with van der Waals surface area (Å²) in [7, 11) is 1.21. The summed E-state index contributed by atoms with van der Waals surface area (Å²) in [6.45, 7) is 0. The van der Waals surface area contributed by atoms with Gasteiger partial charge in [0.1, 0.15) is 10.7 Å². The van der Waals surface area contributed by atoms with Crippen LogP contribution in [0.4, 0.5) is 24.0 Å². The van der Waals surface area contributed by atoms with Crippen LogP contribution in [0.15, 0.2) is 18.3 Å². The number of aromatic nitrogens is 1. The number of rotatable bonds is 3. The smallest absolute Gasteiger partial charge is 0.349 e. The lowest BCUT2D eigenvalue weighted by Gasteiger charge is -2.04. The second-order valence-electron chi connectivity index (χ2n) is 3.39. The van der Waals surface area contributed by atoms with Crippen molar-refractivity contribution in [3.8, 4) is 0 Å². The molecule has 8 heteroatoms. The number of esters is 1. The molecule has 2 rings (SSSR count). The standard InChI is InChI=1S/C11H7F3N2O2S/c1-18-10(17)9-4-15-11(19-9)16-8-3-6(13)5(12)2-7(8)14/h2-4H,1H3,(H,15,16). The molecule has 0 atom stereocenters. The quantitative estimate of drug-likeness (QED) is 0.696. The van der Waals surface area contributed by atoms with Gasteiger partial charge in [-0.05, 0) is 0 Å². The number of hydrogen-bond donors (Lipinski definition) is 1. The minimum absolute atomic E-state index is 0.158. The topological polar surface area (TPSA) is 51.2 Å². The number of nitrogens with zero attached hydrogens (tertiary/aromatic N) is 1. The van der Waals surface area contributed by atoms with Crippen molar-refractivity contribution < 1.29 is 22.7 Å². The van der Waals surface area contributed by atoms with Gasteiger partial charge >= 0.3 is 5.97 Å². The third-order valence-electron chi connectivity index (χ3n) is 2.14. The Morgan fingerprint density at radius 1 is 1.26 bits per heavy atom. The van der Waals surface area contributed by atoms with Gasteiger partial charge in [0.25, 0.3) is 0 Å². The molecule has 2 aromatic rings. The van der Waals surface area contributed by atoms with E-state index in [1.807, 2.05) is 0 Å². The minimum Gasteiger partial charge on any atom is -0.465 e. The third kappa shape index (κ3) is 2.84. The Bertz CT molecular complexity index is 630. The number of benzene rings is 1. The second kappa shape index (κ2) is 5.27. The molecule has 1 heterocycles. The first-order valence-electron chi connectivity index (χ1n) is 4.97. The average Bonchev–Trinajstić information content (AvgIpc) is 2.83. The fourth-order valence-electron chi connectivity index (χ4n) is 1.26. The summed E-state index contributed by atoms with van der Waals surface area (Å²) < 4.78 is 43.6. The maximum absolute atomic E-state index is 13.4. The molecule has 0 spiro atoms. The average molecular weight is 288 g/mol. The molecule has 0 aliphatic carbocycles. The summed E-state index contributed by atoms with van der Waals surface area (Å²) >= 11 is 0.900. The van der Waals surface area contributed by atoms with Gasteiger partial charge in [-0.1, -0.05) is 11.3 Å². The molecule has 0 bridgehead atoms. The number of anilines is 2. The summed E-state index contributed by atoms with van der Waals surface area (Å²) in [6.07, 6.45) is 1.23. The van der Waals surface area contributed by atoms with Crippen molar-refractivity contribution in [1.29, 1.82) is 0 Å². The van der Waals surface area contributed by atoms with E-state index in [1.165, 1.54) is 13.3 Å². The van der Waals surface area contributed by atoms with Crippen molar-refractivity contribution in [2.24, 2.45) is 0 Å². The Morgan fingerprint density at radius 2 is 1.95 bits per heavy atom. The molecule has 19 heavy (non-hydrogen) atoms. The number of methoxy groups -OCH3 is 1. The van der Waals surface area contributed by atoms with Gasteiger partial charge in [-0.3, -0.25) is 0 Å². The summed E-state index contributed by atoms with van der Waals surface area (Å²) in [5, 5.41) is 2.62. The Kier molecular flexibility index (Phi) is 3.70. The van der Waals surface area contributed by atoms with E-state index in [-0.39, 0.29) is 15.7 Å². The van der Waals surface area contributed by atoms with Crippen LogP contribution in [0.2, 0.25) is 0 Å². The minimum atomic E-state index is -1.28. The summed E-state index contributed by atoms with van der Waals surface area (Å²) in [6, 6.07) is 1.09. The highest BCUT2D eigenvalue weighted by Gasteiger charge is 2.14. The van der Waals surface area contributed by atoms with Crippen LogP contribution in [0.1, 0.15) is 9.67 Å². The second-order valence-corrected chi connectivity index (χ2v) is 4.42. The maximum Gasteiger partial charge on any atom is 0.349 e. The first-order chi connectivity index (χ1) is 9.01. The largest absolute Gasteiger partial charge is 0.465 e. The van der Waals surface area contributed by atoms with Gasteiger partial charge in [-0.2, -0.15) is 0 Å². The van der Waals surface area contributed by atoms with E-state index < -0.39 is 23.4 Å². The Morgan fingerprint density at radius 3 is 2.63 bits per heavy atom. The molecule has 1 aromatic carbocycles. The first kappa shape index (κ1) is 13.3. The molecule has 1 N–H and O–H groups in total. The van der Waals surface area contributed by atoms with Gasteiger partial charge in [0.2, 0.25) is 0 Å². The molecule has 4 nitrogen and oxygen atoms in total. The van der Waals surface area contributed by atoms with Crippen molar-refractivity contribution >= 4 is 28.1 Å². The zero-order valence-electron chi connectivity index (χ0n) is 9.54. The number of hydrogen-bond acceptors (Lipinski definition) is 5. The van der Waals surface area contributed by atoms with Crippen LogP contribution >= 0.6 is 11.3 Å². The highest BCUT2D eigenvalue weighted by molar-refractivity contribution is 7.17. The fraction of sp³-hybridized carbons (Fsp3) is 0.0909. The van der Waals surface area contributed by atoms with Gasteiger partial charge in [-0.15, -0.1) is 0 Å². The summed E-state index contributed by atoms with van der Waals surface area (Å²) in [5.41, 5.74) is -0.273. The number of halogens is 3. The van der Waals surface area contributed by atoms with Crippen LogP contribution in [0, 0.1) is 17.5 Å². The lowest BCUT2D eigenvalue weighted by atomic mass is 10.3. The predicted molar refractivity (Wildman–Crippen MR) is 63.1 cm³/mol. The van der Waals surface area contributed by atoms with E-state index in [9.17, 15) is 18.0 Å². The van der Waals surface area contributed by atoms with Crippen molar-refractivity contribution in [3.05, 3.63) is 40.7 Å². The van der Waals surface area contributed by atoms with Crippen LogP contribution in [-0.4, -0.2) is 18.1 Å². The highest BCUT2D eigenvalue weighted by Crippen LogP contribution is 2.26. The number of carbonyl (C=O) groups excluding carboxylic acids is 1. The molecule has 0 saturated heterocycles. The Balaban J connectivity index is 2.24.